The first-order valence-electron chi connectivity index (χ1n) is 11.0. The van der Waals surface area contributed by atoms with Crippen LogP contribution in [0.5, 0.6) is 0 Å². The number of nitrogens with zero attached hydrogens (tertiary/aromatic N) is 4. The lowest BCUT2D eigenvalue weighted by Gasteiger charge is -2.22. The van der Waals surface area contributed by atoms with Crippen molar-refractivity contribution in [3.05, 3.63) is 77.4 Å². The fourth-order valence-corrected chi connectivity index (χ4v) is 5.02. The molecule has 2 heterocycles. The van der Waals surface area contributed by atoms with Gasteiger partial charge in [-0.2, -0.15) is 0 Å². The molecule has 0 aliphatic carbocycles. The Morgan fingerprint density at radius 3 is 2.53 bits per heavy atom. The zero-order valence-electron chi connectivity index (χ0n) is 19.4. The second-order valence-electron chi connectivity index (χ2n) is 9.36. The summed E-state index contributed by atoms with van der Waals surface area (Å²) in [5.74, 6) is -0.00970. The predicted octanol–water partition coefficient (Wildman–Crippen LogP) is 6.14. The zero-order valence-corrected chi connectivity index (χ0v) is 20.2. The van der Waals surface area contributed by atoms with Gasteiger partial charge in [0.05, 0.1) is 16.5 Å². The maximum Gasteiger partial charge on any atom is 0.260 e. The van der Waals surface area contributed by atoms with Gasteiger partial charge in [0.25, 0.3) is 5.91 Å². The van der Waals surface area contributed by atoms with E-state index in [1.807, 2.05) is 27.8 Å². The molecule has 0 N–H and O–H groups in total. The summed E-state index contributed by atoms with van der Waals surface area (Å²) in [6.45, 7) is 12.1. The maximum atomic E-state index is 13.6. The Hall–Kier alpha value is -2.99. The van der Waals surface area contributed by atoms with Gasteiger partial charge in [-0.3, -0.25) is 9.69 Å². The Kier molecular flexibility index (Phi) is 6.15. The number of thiazole rings is 1. The molecule has 0 radical (unpaired) electrons. The van der Waals surface area contributed by atoms with Crippen LogP contribution in [0, 0.1) is 13.8 Å². The summed E-state index contributed by atoms with van der Waals surface area (Å²) in [5, 5.41) is 0.754. The van der Waals surface area contributed by atoms with Gasteiger partial charge < -0.3 is 4.57 Å². The minimum Gasteiger partial charge on any atom is -0.337 e. The van der Waals surface area contributed by atoms with E-state index in [1.165, 1.54) is 11.1 Å². The zero-order chi connectivity index (χ0) is 22.9. The quantitative estimate of drug-likeness (QED) is 0.357. The highest BCUT2D eigenvalue weighted by atomic mass is 32.1. The van der Waals surface area contributed by atoms with Crippen molar-refractivity contribution in [1.82, 2.24) is 14.5 Å². The monoisotopic (exact) mass is 446 g/mol. The largest absolute Gasteiger partial charge is 0.337 e. The number of imidazole rings is 1. The number of hydrogen-bond donors (Lipinski definition) is 0. The molecular weight excluding hydrogens is 416 g/mol. The molecule has 0 saturated heterocycles. The van der Waals surface area contributed by atoms with Crippen molar-refractivity contribution >= 4 is 32.6 Å². The second kappa shape index (κ2) is 8.87. The van der Waals surface area contributed by atoms with E-state index in [4.69, 9.17) is 4.98 Å². The third kappa shape index (κ3) is 4.75. The predicted molar refractivity (Wildman–Crippen MR) is 133 cm³/mol. The summed E-state index contributed by atoms with van der Waals surface area (Å²) >= 11 is 1.59. The smallest absolute Gasteiger partial charge is 0.260 e. The highest BCUT2D eigenvalue weighted by Gasteiger charge is 2.22. The lowest BCUT2D eigenvalue weighted by molar-refractivity contribution is 0.0986. The first-order valence-corrected chi connectivity index (χ1v) is 11.8. The lowest BCUT2D eigenvalue weighted by Crippen LogP contribution is -2.32. The number of carbonyl (C=O) groups is 1. The molecule has 4 rings (SSSR count). The van der Waals surface area contributed by atoms with Crippen molar-refractivity contribution in [2.45, 2.75) is 53.0 Å². The first kappa shape index (κ1) is 22.2. The van der Waals surface area contributed by atoms with E-state index < -0.39 is 0 Å². The van der Waals surface area contributed by atoms with Crippen molar-refractivity contribution in [1.29, 1.82) is 0 Å². The minimum atomic E-state index is -0.00970. The molecule has 2 aromatic carbocycles. The summed E-state index contributed by atoms with van der Waals surface area (Å²) < 4.78 is 3.15. The van der Waals surface area contributed by atoms with E-state index in [1.54, 1.807) is 23.9 Å². The van der Waals surface area contributed by atoms with E-state index in [-0.39, 0.29) is 11.3 Å². The van der Waals surface area contributed by atoms with E-state index in [9.17, 15) is 4.79 Å². The number of aromatic nitrogens is 3. The fraction of sp³-hybridized carbons (Fsp3) is 0.346. The van der Waals surface area contributed by atoms with E-state index >= 15 is 0 Å². The summed E-state index contributed by atoms with van der Waals surface area (Å²) in [6.07, 6.45) is 6.34. The topological polar surface area (TPSA) is 51.0 Å². The van der Waals surface area contributed by atoms with Crippen LogP contribution in [0.4, 0.5) is 5.13 Å². The van der Waals surface area contributed by atoms with Gasteiger partial charge >= 0.3 is 0 Å². The number of hydrogen-bond acceptors (Lipinski definition) is 4. The molecule has 0 atom stereocenters. The summed E-state index contributed by atoms with van der Waals surface area (Å²) in [6, 6.07) is 12.3. The Labute approximate surface area is 193 Å². The summed E-state index contributed by atoms with van der Waals surface area (Å²) in [7, 11) is 0. The molecule has 0 saturated carbocycles. The fourth-order valence-electron chi connectivity index (χ4n) is 3.86. The Morgan fingerprint density at radius 2 is 1.88 bits per heavy atom. The van der Waals surface area contributed by atoms with Gasteiger partial charge in [-0.05, 0) is 60.6 Å². The van der Waals surface area contributed by atoms with Crippen molar-refractivity contribution in [2.24, 2.45) is 0 Å². The van der Waals surface area contributed by atoms with E-state index in [2.05, 4.69) is 63.9 Å². The summed E-state index contributed by atoms with van der Waals surface area (Å²) in [5.41, 5.74) is 5.28. The highest BCUT2D eigenvalue weighted by molar-refractivity contribution is 7.22. The molecule has 0 fully saturated rings. The average Bonchev–Trinajstić information content (AvgIpc) is 3.40. The number of amides is 1. The molecule has 5 nitrogen and oxygen atoms in total. The molecule has 0 aliphatic heterocycles. The van der Waals surface area contributed by atoms with E-state index in [0.717, 1.165) is 33.9 Å². The van der Waals surface area contributed by atoms with Crippen molar-refractivity contribution in [2.75, 3.05) is 11.4 Å². The van der Waals surface area contributed by atoms with Crippen molar-refractivity contribution < 1.29 is 4.79 Å². The minimum absolute atomic E-state index is 0.00970. The number of anilines is 1. The molecule has 0 bridgehead atoms. The molecule has 1 amide bonds. The van der Waals surface area contributed by atoms with Crippen LogP contribution in [0.1, 0.15) is 54.2 Å². The van der Waals surface area contributed by atoms with Crippen LogP contribution in [0.15, 0.2) is 55.1 Å². The van der Waals surface area contributed by atoms with Gasteiger partial charge in [0.15, 0.2) is 5.13 Å². The van der Waals surface area contributed by atoms with Gasteiger partial charge in [-0.25, -0.2) is 9.97 Å². The molecule has 2 aromatic heterocycles. The second-order valence-corrected chi connectivity index (χ2v) is 10.4. The normalized spacial score (nSPS) is 11.8. The maximum absolute atomic E-state index is 13.6. The van der Waals surface area contributed by atoms with Crippen molar-refractivity contribution in [3.63, 3.8) is 0 Å². The van der Waals surface area contributed by atoms with Gasteiger partial charge in [-0.1, -0.05) is 50.3 Å². The number of benzene rings is 2. The Balaban J connectivity index is 1.65. The van der Waals surface area contributed by atoms with Crippen LogP contribution in [0.3, 0.4) is 0 Å². The van der Waals surface area contributed by atoms with Gasteiger partial charge in [0.1, 0.15) is 0 Å². The average molecular weight is 447 g/mol. The molecule has 166 valence electrons. The number of rotatable bonds is 6. The molecule has 0 spiro atoms. The van der Waals surface area contributed by atoms with Crippen LogP contribution in [0.25, 0.3) is 10.2 Å². The van der Waals surface area contributed by atoms with Crippen LogP contribution in [0.2, 0.25) is 0 Å². The summed E-state index contributed by atoms with van der Waals surface area (Å²) in [4.78, 5) is 24.4. The number of fused-ring (bicyclic) bond motifs is 1. The highest BCUT2D eigenvalue weighted by Crippen LogP contribution is 2.33. The Morgan fingerprint density at radius 1 is 1.12 bits per heavy atom. The van der Waals surface area contributed by atoms with Crippen molar-refractivity contribution in [3.8, 4) is 0 Å². The molecule has 4 aromatic rings. The Bertz CT molecular complexity index is 1220. The molecule has 0 unspecified atom stereocenters. The molecular formula is C26H30N4OS. The molecule has 0 aliphatic rings. The van der Waals surface area contributed by atoms with Gasteiger partial charge in [0, 0.05) is 31.0 Å². The molecule has 32 heavy (non-hydrogen) atoms. The van der Waals surface area contributed by atoms with Crippen LogP contribution in [-0.2, 0) is 12.0 Å². The first-order chi connectivity index (χ1) is 15.2. The van der Waals surface area contributed by atoms with Crippen LogP contribution >= 0.6 is 11.3 Å². The van der Waals surface area contributed by atoms with E-state index in [0.29, 0.717) is 12.1 Å². The van der Waals surface area contributed by atoms with Crippen LogP contribution in [-0.4, -0.2) is 27.0 Å². The lowest BCUT2D eigenvalue weighted by atomic mass is 9.86. The van der Waals surface area contributed by atoms with Gasteiger partial charge in [-0.15, -0.1) is 0 Å². The SMILES string of the molecule is Cc1cc(C)c2nc(N(CCCn3ccnc3)C(=O)c3ccc(C(C)(C)C)cc3)sc2c1. The number of carbonyl (C=O) groups excluding carboxylic acids is 1. The third-order valence-electron chi connectivity index (χ3n) is 5.65. The molecule has 6 heteroatoms. The number of aryl methyl sites for hydroxylation is 3. The standard InChI is InChI=1S/C26H30N4OS/c1-18-15-19(2)23-22(16-18)32-25(28-23)30(13-6-12-29-14-11-27-17-29)24(31)20-7-9-21(10-8-20)26(3,4)5/h7-11,14-17H,6,12-13H2,1-5H3. The van der Waals surface area contributed by atoms with Gasteiger partial charge in [0.2, 0.25) is 0 Å². The third-order valence-corrected chi connectivity index (χ3v) is 6.68. The van der Waals surface area contributed by atoms with Crippen LogP contribution < -0.4 is 4.90 Å².